The van der Waals surface area contributed by atoms with Crippen LogP contribution in [0.15, 0.2) is 30.3 Å². The number of carbonyl (C=O) groups excluding carboxylic acids is 4. The van der Waals surface area contributed by atoms with E-state index >= 15 is 0 Å². The zero-order chi connectivity index (χ0) is 20.4. The van der Waals surface area contributed by atoms with Crippen LogP contribution in [0.5, 0.6) is 0 Å². The van der Waals surface area contributed by atoms with Gasteiger partial charge in [-0.1, -0.05) is 62.9 Å². The molecule has 0 radical (unpaired) electrons. The van der Waals surface area contributed by atoms with Gasteiger partial charge in [-0.3, -0.25) is 9.59 Å². The number of nitrogens with zero attached hydrogens (tertiary/aromatic N) is 1. The molecule has 1 saturated heterocycles. The first kappa shape index (κ1) is 21.4. The van der Waals surface area contributed by atoms with E-state index in [1.807, 2.05) is 30.3 Å². The number of hydrogen-bond acceptors (Lipinski definition) is 6. The van der Waals surface area contributed by atoms with E-state index in [0.717, 1.165) is 24.8 Å². The molecule has 0 spiro atoms. The Morgan fingerprint density at radius 3 is 2.39 bits per heavy atom. The average Bonchev–Trinajstić information content (AvgIpc) is 3.01. The lowest BCUT2D eigenvalue weighted by Gasteiger charge is -2.20. The number of nitrogens with one attached hydrogen (secondary N) is 1. The molecule has 1 aromatic rings. The summed E-state index contributed by atoms with van der Waals surface area (Å²) in [6.07, 6.45) is 3.20. The lowest BCUT2D eigenvalue weighted by molar-refractivity contribution is -0.199. The zero-order valence-electron chi connectivity index (χ0n) is 16.0. The number of hydroxylamine groups is 2. The van der Waals surface area contributed by atoms with E-state index in [2.05, 4.69) is 12.2 Å². The Hall–Kier alpha value is -2.90. The van der Waals surface area contributed by atoms with Crippen LogP contribution in [-0.2, 0) is 30.6 Å². The van der Waals surface area contributed by atoms with Gasteiger partial charge in [0.25, 0.3) is 11.8 Å². The van der Waals surface area contributed by atoms with E-state index in [4.69, 9.17) is 9.57 Å². The summed E-state index contributed by atoms with van der Waals surface area (Å²) in [5.41, 5.74) is 0.813. The van der Waals surface area contributed by atoms with Crippen molar-refractivity contribution < 1.29 is 28.8 Å². The van der Waals surface area contributed by atoms with Crippen LogP contribution < -0.4 is 5.32 Å². The van der Waals surface area contributed by atoms with Gasteiger partial charge >= 0.3 is 12.1 Å². The number of rotatable bonds is 10. The molecule has 1 fully saturated rings. The minimum absolute atomic E-state index is 0.0137. The Bertz CT molecular complexity index is 675. The Labute approximate surface area is 164 Å². The predicted molar refractivity (Wildman–Crippen MR) is 99.5 cm³/mol. The van der Waals surface area contributed by atoms with Crippen molar-refractivity contribution in [3.05, 3.63) is 35.9 Å². The summed E-state index contributed by atoms with van der Waals surface area (Å²) in [5, 5.41) is 2.97. The lowest BCUT2D eigenvalue weighted by Crippen LogP contribution is -2.45. The molecule has 1 aromatic carbocycles. The highest BCUT2D eigenvalue weighted by atomic mass is 16.7. The molecule has 1 N–H and O–H groups in total. The molecule has 8 nitrogen and oxygen atoms in total. The van der Waals surface area contributed by atoms with Gasteiger partial charge in [-0.05, 0) is 12.0 Å². The monoisotopic (exact) mass is 390 g/mol. The van der Waals surface area contributed by atoms with Crippen LogP contribution in [0, 0.1) is 0 Å². The Morgan fingerprint density at radius 1 is 1.07 bits per heavy atom. The fraction of sp³-hybridized carbons (Fsp3) is 0.500. The molecule has 0 aromatic heterocycles. The minimum atomic E-state index is -0.999. The highest BCUT2D eigenvalue weighted by molar-refractivity contribution is 6.01. The lowest BCUT2D eigenvalue weighted by atomic mass is 10.1. The van der Waals surface area contributed by atoms with Crippen LogP contribution in [-0.4, -0.2) is 35.0 Å². The second-order valence-corrected chi connectivity index (χ2v) is 6.60. The van der Waals surface area contributed by atoms with Crippen LogP contribution in [0.4, 0.5) is 4.79 Å². The van der Waals surface area contributed by atoms with Gasteiger partial charge in [0.1, 0.15) is 12.6 Å². The van der Waals surface area contributed by atoms with Crippen LogP contribution in [0.2, 0.25) is 0 Å². The van der Waals surface area contributed by atoms with E-state index in [1.54, 1.807) is 0 Å². The molecule has 1 aliphatic rings. The first-order valence-electron chi connectivity index (χ1n) is 9.56. The summed E-state index contributed by atoms with van der Waals surface area (Å²) in [6.45, 7) is 2.13. The van der Waals surface area contributed by atoms with Crippen molar-refractivity contribution in [3.8, 4) is 0 Å². The molecular weight excluding hydrogens is 364 g/mol. The molecule has 8 heteroatoms. The van der Waals surface area contributed by atoms with Crippen molar-refractivity contribution in [1.29, 1.82) is 0 Å². The van der Waals surface area contributed by atoms with E-state index in [0.29, 0.717) is 17.9 Å². The largest absolute Gasteiger partial charge is 0.445 e. The minimum Gasteiger partial charge on any atom is -0.445 e. The van der Waals surface area contributed by atoms with E-state index in [1.165, 1.54) is 0 Å². The number of imide groups is 1. The van der Waals surface area contributed by atoms with Gasteiger partial charge in [-0.25, -0.2) is 9.59 Å². The molecule has 1 atom stereocenters. The maximum absolute atomic E-state index is 12.4. The normalized spacial score (nSPS) is 14.7. The number of unbranched alkanes of at least 4 members (excludes halogenated alkanes) is 3. The van der Waals surface area contributed by atoms with E-state index < -0.39 is 29.9 Å². The quantitative estimate of drug-likeness (QED) is 0.487. The van der Waals surface area contributed by atoms with Gasteiger partial charge in [0.2, 0.25) is 0 Å². The van der Waals surface area contributed by atoms with Crippen molar-refractivity contribution in [3.63, 3.8) is 0 Å². The van der Waals surface area contributed by atoms with E-state index in [9.17, 15) is 19.2 Å². The summed E-state index contributed by atoms with van der Waals surface area (Å²) < 4.78 is 5.14. The maximum Gasteiger partial charge on any atom is 0.408 e. The zero-order valence-corrected chi connectivity index (χ0v) is 16.0. The van der Waals surface area contributed by atoms with Crippen molar-refractivity contribution in [1.82, 2.24) is 10.4 Å². The van der Waals surface area contributed by atoms with Gasteiger partial charge in [-0.15, -0.1) is 5.06 Å². The summed E-state index contributed by atoms with van der Waals surface area (Å²) in [7, 11) is 0. The third-order valence-electron chi connectivity index (χ3n) is 4.32. The van der Waals surface area contributed by atoms with Gasteiger partial charge in [0.15, 0.2) is 0 Å². The summed E-state index contributed by atoms with van der Waals surface area (Å²) in [6, 6.07) is 8.14. The number of alkyl carbamates (subject to hydrolysis) is 1. The van der Waals surface area contributed by atoms with Gasteiger partial charge in [0, 0.05) is 12.8 Å². The number of hydrogen-bond donors (Lipinski definition) is 1. The predicted octanol–water partition coefficient (Wildman–Crippen LogP) is 2.86. The number of carbonyl (C=O) groups is 4. The van der Waals surface area contributed by atoms with Crippen LogP contribution in [0.3, 0.4) is 0 Å². The number of ether oxygens (including phenoxy) is 1. The highest BCUT2D eigenvalue weighted by Crippen LogP contribution is 2.14. The highest BCUT2D eigenvalue weighted by Gasteiger charge is 2.35. The smallest absolute Gasteiger partial charge is 0.408 e. The van der Waals surface area contributed by atoms with Gasteiger partial charge in [0.05, 0.1) is 0 Å². The van der Waals surface area contributed by atoms with E-state index in [-0.39, 0.29) is 19.4 Å². The molecule has 28 heavy (non-hydrogen) atoms. The van der Waals surface area contributed by atoms with Crippen molar-refractivity contribution in [2.24, 2.45) is 0 Å². The Morgan fingerprint density at radius 2 is 1.75 bits per heavy atom. The standard InChI is InChI=1S/C20H26N2O6/c1-2-3-4-8-11-16(19(25)28-22-17(23)12-13-18(22)24)21-20(26)27-14-15-9-6-5-7-10-15/h5-7,9-10,16H,2-4,8,11-14H2,1H3,(H,21,26)/t16-/m0/s1. The molecule has 0 bridgehead atoms. The Kier molecular flexibility index (Phi) is 8.45. The summed E-state index contributed by atoms with van der Waals surface area (Å²) in [5.74, 6) is -1.97. The van der Waals surface area contributed by atoms with Crippen LogP contribution >= 0.6 is 0 Å². The van der Waals surface area contributed by atoms with Crippen molar-refractivity contribution >= 4 is 23.9 Å². The second-order valence-electron chi connectivity index (χ2n) is 6.60. The number of benzene rings is 1. The topological polar surface area (TPSA) is 102 Å². The molecular formula is C20H26N2O6. The third kappa shape index (κ3) is 6.68. The fourth-order valence-corrected chi connectivity index (χ4v) is 2.74. The van der Waals surface area contributed by atoms with Crippen LogP contribution in [0.25, 0.3) is 0 Å². The number of amides is 3. The second kappa shape index (κ2) is 11.1. The molecule has 152 valence electrons. The van der Waals surface area contributed by atoms with Gasteiger partial charge in [-0.2, -0.15) is 0 Å². The average molecular weight is 390 g/mol. The summed E-state index contributed by atoms with van der Waals surface area (Å²) >= 11 is 0. The Balaban J connectivity index is 1.91. The molecule has 0 saturated carbocycles. The molecule has 1 aliphatic heterocycles. The maximum atomic E-state index is 12.4. The molecule has 3 amide bonds. The van der Waals surface area contributed by atoms with Crippen LogP contribution in [0.1, 0.15) is 57.4 Å². The fourth-order valence-electron chi connectivity index (χ4n) is 2.74. The molecule has 0 aliphatic carbocycles. The van der Waals surface area contributed by atoms with Gasteiger partial charge < -0.3 is 14.9 Å². The molecule has 0 unspecified atom stereocenters. The van der Waals surface area contributed by atoms with Crippen molar-refractivity contribution in [2.45, 2.75) is 64.5 Å². The first-order valence-corrected chi connectivity index (χ1v) is 9.56. The molecule has 1 heterocycles. The summed E-state index contributed by atoms with van der Waals surface area (Å²) in [4.78, 5) is 52.7. The first-order chi connectivity index (χ1) is 13.5. The third-order valence-corrected chi connectivity index (χ3v) is 4.32. The molecule has 2 rings (SSSR count). The van der Waals surface area contributed by atoms with Crippen molar-refractivity contribution in [2.75, 3.05) is 0 Å². The SMILES string of the molecule is CCCCCC[C@H](NC(=O)OCc1ccccc1)C(=O)ON1C(=O)CCC1=O.